The molecule has 3 aromatic rings. The smallest absolute Gasteiger partial charge is 0.475 e. The monoisotopic (exact) mass is 722 g/mol. The summed E-state index contributed by atoms with van der Waals surface area (Å²) in [5, 5.41) is 9.88. The Morgan fingerprint density at radius 3 is 2.08 bits per heavy atom. The molecule has 1 spiro atoms. The first-order chi connectivity index (χ1) is 23.3. The van der Waals surface area contributed by atoms with Gasteiger partial charge in [-0.2, -0.15) is 13.2 Å². The second-order valence-corrected chi connectivity index (χ2v) is 14.5. The summed E-state index contributed by atoms with van der Waals surface area (Å²) in [4.78, 5) is 37.2. The Hall–Kier alpha value is -4.54. The molecule has 11 nitrogen and oxygen atoms in total. The van der Waals surface area contributed by atoms with Gasteiger partial charge in [0.25, 0.3) is 10.0 Å². The average molecular weight is 723 g/mol. The van der Waals surface area contributed by atoms with Crippen LogP contribution < -0.4 is 15.4 Å². The van der Waals surface area contributed by atoms with Crippen LogP contribution in [0.1, 0.15) is 37.8 Å². The van der Waals surface area contributed by atoms with E-state index in [9.17, 15) is 35.6 Å². The first-order valence-corrected chi connectivity index (χ1v) is 17.0. The second-order valence-electron chi connectivity index (χ2n) is 12.6. The zero-order valence-corrected chi connectivity index (χ0v) is 28.1. The number of carbonyl (C=O) groups is 3. The van der Waals surface area contributed by atoms with Gasteiger partial charge in [-0.25, -0.2) is 17.6 Å². The zero-order valence-electron chi connectivity index (χ0n) is 27.3. The molecule has 2 amide bonds. The van der Waals surface area contributed by atoms with Crippen LogP contribution in [0.2, 0.25) is 0 Å². The van der Waals surface area contributed by atoms with Crippen LogP contribution in [0.15, 0.2) is 83.8 Å². The Kier molecular flexibility index (Phi) is 11.6. The predicted octanol–water partition coefficient (Wildman–Crippen LogP) is 3.97. The molecule has 0 unspecified atom stereocenters. The molecule has 16 heteroatoms. The lowest BCUT2D eigenvalue weighted by Crippen LogP contribution is -2.59. The number of carboxylic acids is 1. The summed E-state index contributed by atoms with van der Waals surface area (Å²) < 4.78 is 80.8. The first-order valence-electron chi connectivity index (χ1n) is 15.5. The van der Waals surface area contributed by atoms with Crippen molar-refractivity contribution in [2.24, 2.45) is 5.73 Å². The van der Waals surface area contributed by atoms with Crippen molar-refractivity contribution in [1.82, 2.24) is 10.2 Å². The molecule has 1 atom stereocenters. The van der Waals surface area contributed by atoms with Crippen molar-refractivity contribution in [1.29, 1.82) is 0 Å². The van der Waals surface area contributed by atoms with E-state index >= 15 is 0 Å². The van der Waals surface area contributed by atoms with Crippen LogP contribution in [0.4, 0.5) is 23.2 Å². The molecular weight excluding hydrogens is 684 g/mol. The number of fused-ring (bicyclic) bond motifs is 2. The van der Waals surface area contributed by atoms with Crippen LogP contribution in [-0.2, 0) is 41.2 Å². The minimum Gasteiger partial charge on any atom is -0.475 e. The molecule has 270 valence electrons. The quantitative estimate of drug-likeness (QED) is 0.280. The summed E-state index contributed by atoms with van der Waals surface area (Å²) in [6, 6.07) is 20.9. The number of likely N-dealkylation sites (tertiary alicyclic amines) is 1. The molecule has 2 heterocycles. The number of rotatable bonds is 9. The number of alkyl halides is 3. The van der Waals surface area contributed by atoms with Crippen LogP contribution in [0.3, 0.4) is 0 Å². The maximum atomic E-state index is 14.5. The van der Waals surface area contributed by atoms with Crippen LogP contribution in [0.5, 0.6) is 0 Å². The summed E-state index contributed by atoms with van der Waals surface area (Å²) in [6.07, 6.45) is -4.24. The summed E-state index contributed by atoms with van der Waals surface area (Å²) in [7, 11) is -3.89. The molecule has 2 aliphatic rings. The molecule has 4 N–H and O–H groups in total. The number of hydrogen-bond donors (Lipinski definition) is 3. The Morgan fingerprint density at radius 1 is 0.980 bits per heavy atom. The zero-order chi connectivity index (χ0) is 36.9. The van der Waals surface area contributed by atoms with Gasteiger partial charge in [0.05, 0.1) is 29.3 Å². The van der Waals surface area contributed by atoms with Gasteiger partial charge in [0, 0.05) is 25.0 Å². The third kappa shape index (κ3) is 8.97. The molecule has 0 bridgehead atoms. The number of carbonyl (C=O) groups excluding carboxylic acids is 2. The number of amides is 2. The van der Waals surface area contributed by atoms with Crippen molar-refractivity contribution in [2.45, 2.75) is 61.4 Å². The Balaban J connectivity index is 0.000000727. The van der Waals surface area contributed by atoms with Gasteiger partial charge < -0.3 is 25.8 Å². The number of hydrogen-bond acceptors (Lipinski definition) is 7. The molecule has 1 fully saturated rings. The summed E-state index contributed by atoms with van der Waals surface area (Å²) >= 11 is 0. The number of sulfonamides is 1. The molecule has 0 aliphatic carbocycles. The van der Waals surface area contributed by atoms with Crippen LogP contribution >= 0.6 is 0 Å². The Bertz CT molecular complexity index is 1780. The lowest BCUT2D eigenvalue weighted by atomic mass is 9.74. The Labute approximate surface area is 287 Å². The number of anilines is 1. The van der Waals surface area contributed by atoms with Crippen molar-refractivity contribution in [3.8, 4) is 0 Å². The van der Waals surface area contributed by atoms with Crippen molar-refractivity contribution >= 4 is 33.5 Å². The van der Waals surface area contributed by atoms with E-state index in [1.54, 1.807) is 49.1 Å². The van der Waals surface area contributed by atoms with Gasteiger partial charge >= 0.3 is 12.1 Å². The minimum absolute atomic E-state index is 0.0473. The summed E-state index contributed by atoms with van der Waals surface area (Å²) in [5.74, 6) is -4.00. The highest BCUT2D eigenvalue weighted by Gasteiger charge is 2.49. The fourth-order valence-corrected chi connectivity index (χ4v) is 7.31. The van der Waals surface area contributed by atoms with Crippen molar-refractivity contribution < 1.29 is 50.2 Å². The first kappa shape index (κ1) is 38.3. The highest BCUT2D eigenvalue weighted by atomic mass is 32.2. The SMILES string of the molecule is CC(C)(N)C(=O)N[C@H](COCc1ccccc1)C(=O)N1CCC2(CC1)CN(S(=O)(=O)c1ccccc1)c1ccc(F)cc12.O=C(O)C(F)(F)F. The number of carboxylic acid groups (broad SMARTS) is 1. The molecule has 0 aromatic heterocycles. The second kappa shape index (κ2) is 15.1. The molecule has 3 aromatic carbocycles. The highest BCUT2D eigenvalue weighted by Crippen LogP contribution is 2.49. The van der Waals surface area contributed by atoms with Crippen molar-refractivity contribution in [2.75, 3.05) is 30.5 Å². The number of nitrogens with zero attached hydrogens (tertiary/aromatic N) is 2. The van der Waals surface area contributed by atoms with Gasteiger partial charge in [0.2, 0.25) is 11.8 Å². The van der Waals surface area contributed by atoms with Gasteiger partial charge in [0.15, 0.2) is 0 Å². The molecular formula is C34H38F4N4O7S. The normalized spacial score (nSPS) is 16.2. The molecule has 1 saturated heterocycles. The topological polar surface area (TPSA) is 159 Å². The number of halogens is 4. The number of piperidine rings is 1. The van der Waals surface area contributed by atoms with E-state index < -0.39 is 50.9 Å². The Morgan fingerprint density at radius 2 is 1.54 bits per heavy atom. The fraction of sp³-hybridized carbons (Fsp3) is 0.382. The lowest BCUT2D eigenvalue weighted by Gasteiger charge is -2.41. The average Bonchev–Trinajstić information content (AvgIpc) is 3.38. The number of aliphatic carboxylic acids is 1. The van der Waals surface area contributed by atoms with Crippen LogP contribution in [-0.4, -0.2) is 80.2 Å². The third-order valence-electron chi connectivity index (χ3n) is 8.44. The molecule has 5 rings (SSSR count). The standard InChI is InChI=1S/C32H37FN4O5S.C2HF3O2/c1-31(2,34)30(39)35-27(21-42-20-23-9-5-3-6-10-23)29(38)36-17-15-32(16-18-36)22-37(28-14-13-24(33)19-26(28)32)43(40,41)25-11-7-4-8-12-25;3-2(4,5)1(6)7/h3-14,19,27H,15-18,20-22,34H2,1-2H3,(H,35,39);(H,6,7)/t27-;/m1./s1. The van der Waals surface area contributed by atoms with Gasteiger partial charge in [0.1, 0.15) is 11.9 Å². The van der Waals surface area contributed by atoms with Gasteiger partial charge in [-0.15, -0.1) is 0 Å². The fourth-order valence-electron chi connectivity index (χ4n) is 5.72. The minimum atomic E-state index is -5.08. The maximum Gasteiger partial charge on any atom is 0.490 e. The number of ether oxygens (including phenoxy) is 1. The molecule has 2 aliphatic heterocycles. The summed E-state index contributed by atoms with van der Waals surface area (Å²) in [5.41, 5.74) is 6.13. The van der Waals surface area contributed by atoms with E-state index in [1.807, 2.05) is 30.3 Å². The molecule has 0 radical (unpaired) electrons. The van der Waals surface area contributed by atoms with Crippen molar-refractivity contribution in [3.63, 3.8) is 0 Å². The number of nitrogens with two attached hydrogens (primary N) is 1. The third-order valence-corrected chi connectivity index (χ3v) is 10.2. The van der Waals surface area contributed by atoms with E-state index in [2.05, 4.69) is 5.32 Å². The van der Waals surface area contributed by atoms with Gasteiger partial charge in [-0.3, -0.25) is 13.9 Å². The van der Waals surface area contributed by atoms with Gasteiger partial charge in [-0.05, 0) is 68.1 Å². The van der Waals surface area contributed by atoms with E-state index in [0.717, 1.165) is 5.56 Å². The molecule has 50 heavy (non-hydrogen) atoms. The van der Waals surface area contributed by atoms with Crippen LogP contribution in [0.25, 0.3) is 0 Å². The van der Waals surface area contributed by atoms with E-state index in [1.165, 1.54) is 22.5 Å². The molecule has 0 saturated carbocycles. The summed E-state index contributed by atoms with van der Waals surface area (Å²) in [6.45, 7) is 4.08. The van der Waals surface area contributed by atoms with Crippen LogP contribution in [0, 0.1) is 5.82 Å². The van der Waals surface area contributed by atoms with Gasteiger partial charge in [-0.1, -0.05) is 48.5 Å². The highest BCUT2D eigenvalue weighted by molar-refractivity contribution is 7.92. The lowest BCUT2D eigenvalue weighted by molar-refractivity contribution is -0.192. The van der Waals surface area contributed by atoms with Crippen molar-refractivity contribution in [3.05, 3.63) is 95.8 Å². The van der Waals surface area contributed by atoms with E-state index in [-0.39, 0.29) is 30.6 Å². The predicted molar refractivity (Wildman–Crippen MR) is 175 cm³/mol. The number of nitrogens with one attached hydrogen (secondary N) is 1. The van der Waals surface area contributed by atoms with E-state index in [0.29, 0.717) is 37.2 Å². The maximum absolute atomic E-state index is 14.5. The largest absolute Gasteiger partial charge is 0.490 e. The van der Waals surface area contributed by atoms with E-state index in [4.69, 9.17) is 20.4 Å². The number of benzene rings is 3.